The smallest absolute Gasteiger partial charge is 0.240 e. The highest BCUT2D eigenvalue weighted by molar-refractivity contribution is 5.90. The van der Waals surface area contributed by atoms with E-state index in [-0.39, 0.29) is 24.5 Å². The molecule has 0 saturated carbocycles. The van der Waals surface area contributed by atoms with Crippen molar-refractivity contribution in [1.82, 2.24) is 10.1 Å². The molecule has 134 valence electrons. The van der Waals surface area contributed by atoms with Crippen LogP contribution in [0.15, 0.2) is 34.9 Å². The first-order valence-electron chi connectivity index (χ1n) is 8.34. The molecule has 1 aliphatic heterocycles. The Morgan fingerprint density at radius 3 is 2.84 bits per heavy atom. The van der Waals surface area contributed by atoms with E-state index in [0.29, 0.717) is 19.0 Å². The Balaban J connectivity index is 1.47. The zero-order valence-corrected chi connectivity index (χ0v) is 14.7. The summed E-state index contributed by atoms with van der Waals surface area (Å²) in [4.78, 5) is 14.0. The predicted molar refractivity (Wildman–Crippen MR) is 93.1 cm³/mol. The van der Waals surface area contributed by atoms with Crippen molar-refractivity contribution in [1.29, 1.82) is 0 Å². The molecule has 3 rings (SSSR count). The topological polar surface area (TPSA) is 76.8 Å². The first kappa shape index (κ1) is 17.3. The lowest BCUT2D eigenvalue weighted by atomic mass is 10.1. The highest BCUT2D eigenvalue weighted by Gasteiger charge is 2.22. The minimum Gasteiger partial charge on any atom is -0.486 e. The van der Waals surface area contributed by atoms with Gasteiger partial charge < -0.3 is 14.0 Å². The van der Waals surface area contributed by atoms with E-state index in [2.05, 4.69) is 10.5 Å². The lowest BCUT2D eigenvalue weighted by Crippen LogP contribution is -2.42. The molecule has 2 aromatic rings. The van der Waals surface area contributed by atoms with Crippen LogP contribution in [0.5, 0.6) is 11.5 Å². The van der Waals surface area contributed by atoms with Gasteiger partial charge in [-0.1, -0.05) is 31.1 Å². The molecule has 0 bridgehead atoms. The van der Waals surface area contributed by atoms with Gasteiger partial charge in [0.1, 0.15) is 12.7 Å². The number of anilines is 1. The van der Waals surface area contributed by atoms with Crippen molar-refractivity contribution in [2.24, 2.45) is 0 Å². The van der Waals surface area contributed by atoms with E-state index in [9.17, 15) is 4.79 Å². The van der Waals surface area contributed by atoms with Crippen LogP contribution >= 0.6 is 0 Å². The Hall–Kier alpha value is -2.54. The minimum atomic E-state index is -0.161. The molecule has 0 aliphatic carbocycles. The summed E-state index contributed by atoms with van der Waals surface area (Å²) in [5.74, 6) is 1.95. The number of likely N-dealkylation sites (N-methyl/N-ethyl adjacent to an activating group) is 1. The molecule has 25 heavy (non-hydrogen) atoms. The van der Waals surface area contributed by atoms with Crippen LogP contribution in [-0.4, -0.2) is 48.8 Å². The fourth-order valence-electron chi connectivity index (χ4n) is 2.61. The highest BCUT2D eigenvalue weighted by atomic mass is 16.6. The summed E-state index contributed by atoms with van der Waals surface area (Å²) in [5, 5.41) is 6.64. The molecular formula is C18H23N3O4. The summed E-state index contributed by atoms with van der Waals surface area (Å²) in [6, 6.07) is 9.32. The van der Waals surface area contributed by atoms with E-state index >= 15 is 0 Å². The van der Waals surface area contributed by atoms with Crippen molar-refractivity contribution in [3.05, 3.63) is 36.0 Å². The lowest BCUT2D eigenvalue weighted by Gasteiger charge is -2.29. The Morgan fingerprint density at radius 2 is 2.12 bits per heavy atom. The van der Waals surface area contributed by atoms with Crippen LogP contribution in [0.1, 0.15) is 25.5 Å². The molecule has 0 spiro atoms. The van der Waals surface area contributed by atoms with Gasteiger partial charge >= 0.3 is 0 Å². The quantitative estimate of drug-likeness (QED) is 0.867. The standard InChI is InChI=1S/C18H23N3O4/c1-12(2)14-8-18(25-20-14)19-17(22)10-21(3)9-13-11-23-15-6-4-5-7-16(15)24-13/h4-8,12-13H,9-11H2,1-3H3,(H,19,22). The van der Waals surface area contributed by atoms with E-state index < -0.39 is 0 Å². The van der Waals surface area contributed by atoms with Crippen LogP contribution in [0.25, 0.3) is 0 Å². The number of benzene rings is 1. The number of hydrogen-bond acceptors (Lipinski definition) is 6. The Labute approximate surface area is 146 Å². The zero-order chi connectivity index (χ0) is 17.8. The van der Waals surface area contributed by atoms with Crippen molar-refractivity contribution in [2.75, 3.05) is 32.1 Å². The molecule has 0 fully saturated rings. The second-order valence-electron chi connectivity index (χ2n) is 6.51. The van der Waals surface area contributed by atoms with E-state index in [0.717, 1.165) is 17.2 Å². The molecule has 1 atom stereocenters. The maximum absolute atomic E-state index is 12.1. The first-order valence-corrected chi connectivity index (χ1v) is 8.34. The Morgan fingerprint density at radius 1 is 1.36 bits per heavy atom. The summed E-state index contributed by atoms with van der Waals surface area (Å²) in [5.41, 5.74) is 0.815. The average molecular weight is 345 g/mol. The zero-order valence-electron chi connectivity index (χ0n) is 14.7. The van der Waals surface area contributed by atoms with Gasteiger partial charge in [-0.3, -0.25) is 15.0 Å². The molecule has 1 amide bonds. The molecular weight excluding hydrogens is 322 g/mol. The van der Waals surface area contributed by atoms with Crippen molar-refractivity contribution in [3.8, 4) is 11.5 Å². The van der Waals surface area contributed by atoms with Gasteiger partial charge in [0.2, 0.25) is 11.8 Å². The second kappa shape index (κ2) is 7.57. The summed E-state index contributed by atoms with van der Waals surface area (Å²) in [6.07, 6.45) is -0.120. The third-order valence-corrected chi connectivity index (χ3v) is 3.88. The SMILES string of the molecule is CC(C)c1cc(NC(=O)CN(C)CC2COc3ccccc3O2)on1. The largest absolute Gasteiger partial charge is 0.486 e. The van der Waals surface area contributed by atoms with Gasteiger partial charge in [0.15, 0.2) is 11.5 Å². The highest BCUT2D eigenvalue weighted by Crippen LogP contribution is 2.30. The molecule has 1 unspecified atom stereocenters. The maximum Gasteiger partial charge on any atom is 0.240 e. The number of para-hydroxylation sites is 2. The van der Waals surface area contributed by atoms with Crippen molar-refractivity contribution in [2.45, 2.75) is 25.9 Å². The summed E-state index contributed by atoms with van der Waals surface area (Å²) >= 11 is 0. The lowest BCUT2D eigenvalue weighted by molar-refractivity contribution is -0.117. The Kier molecular flexibility index (Phi) is 5.23. The molecule has 0 saturated heterocycles. The number of fused-ring (bicyclic) bond motifs is 1. The van der Waals surface area contributed by atoms with Crippen molar-refractivity contribution in [3.63, 3.8) is 0 Å². The van der Waals surface area contributed by atoms with Gasteiger partial charge in [0.05, 0.1) is 12.2 Å². The third kappa shape index (κ3) is 4.51. The van der Waals surface area contributed by atoms with Gasteiger partial charge in [-0.15, -0.1) is 0 Å². The summed E-state index contributed by atoms with van der Waals surface area (Å²) in [7, 11) is 1.86. The van der Waals surface area contributed by atoms with E-state index in [1.807, 2.05) is 50.1 Å². The van der Waals surface area contributed by atoms with Gasteiger partial charge in [0.25, 0.3) is 0 Å². The van der Waals surface area contributed by atoms with Crippen molar-refractivity contribution >= 4 is 11.8 Å². The van der Waals surface area contributed by atoms with Crippen LogP contribution in [0.3, 0.4) is 0 Å². The average Bonchev–Trinajstić information content (AvgIpc) is 3.03. The third-order valence-electron chi connectivity index (χ3n) is 3.88. The second-order valence-corrected chi connectivity index (χ2v) is 6.51. The number of aromatic nitrogens is 1. The van der Waals surface area contributed by atoms with E-state index in [1.54, 1.807) is 6.07 Å². The normalized spacial score (nSPS) is 16.3. The van der Waals surface area contributed by atoms with Gasteiger partial charge in [-0.25, -0.2) is 0 Å². The number of hydrogen-bond donors (Lipinski definition) is 1. The number of carbonyl (C=O) groups excluding carboxylic acids is 1. The monoisotopic (exact) mass is 345 g/mol. The van der Waals surface area contributed by atoms with E-state index in [1.165, 1.54) is 0 Å². The van der Waals surface area contributed by atoms with Crippen LogP contribution in [0, 0.1) is 0 Å². The number of carbonyl (C=O) groups is 1. The fourth-order valence-corrected chi connectivity index (χ4v) is 2.61. The fraction of sp³-hybridized carbons (Fsp3) is 0.444. The van der Waals surface area contributed by atoms with Crippen LogP contribution in [0.2, 0.25) is 0 Å². The number of nitrogens with zero attached hydrogens (tertiary/aromatic N) is 2. The van der Waals surface area contributed by atoms with Crippen molar-refractivity contribution < 1.29 is 18.8 Å². The Bertz CT molecular complexity index is 729. The number of nitrogens with one attached hydrogen (secondary N) is 1. The minimum absolute atomic E-state index is 0.120. The predicted octanol–water partition coefficient (Wildman–Crippen LogP) is 2.51. The summed E-state index contributed by atoms with van der Waals surface area (Å²) < 4.78 is 16.7. The molecule has 1 aliphatic rings. The number of amides is 1. The molecule has 7 heteroatoms. The van der Waals surface area contributed by atoms with Gasteiger partial charge in [-0.2, -0.15) is 0 Å². The molecule has 2 heterocycles. The van der Waals surface area contributed by atoms with Gasteiger partial charge in [-0.05, 0) is 25.1 Å². The molecule has 7 nitrogen and oxygen atoms in total. The maximum atomic E-state index is 12.1. The van der Waals surface area contributed by atoms with Crippen LogP contribution in [-0.2, 0) is 4.79 Å². The molecule has 1 aromatic carbocycles. The van der Waals surface area contributed by atoms with Crippen LogP contribution < -0.4 is 14.8 Å². The first-order chi connectivity index (χ1) is 12.0. The molecule has 1 aromatic heterocycles. The van der Waals surface area contributed by atoms with E-state index in [4.69, 9.17) is 14.0 Å². The van der Waals surface area contributed by atoms with Crippen LogP contribution in [0.4, 0.5) is 5.88 Å². The summed E-state index contributed by atoms with van der Waals surface area (Å²) in [6.45, 7) is 5.29. The number of ether oxygens (including phenoxy) is 2. The van der Waals surface area contributed by atoms with Gasteiger partial charge in [0, 0.05) is 12.6 Å². The number of rotatable bonds is 6. The molecule has 1 N–H and O–H groups in total. The molecule has 0 radical (unpaired) electrons.